The Morgan fingerprint density at radius 1 is 0.862 bits per heavy atom. The third-order valence-corrected chi connectivity index (χ3v) is 3.63. The molecule has 2 rings (SSSR count). The largest absolute Gasteiger partial charge is 0.494 e. The summed E-state index contributed by atoms with van der Waals surface area (Å²) in [5.74, 6) is 1.33. The molecule has 0 aliphatic carbocycles. The van der Waals surface area contributed by atoms with E-state index in [0.29, 0.717) is 36.8 Å². The van der Waals surface area contributed by atoms with Crippen molar-refractivity contribution in [3.05, 3.63) is 54.1 Å². The van der Waals surface area contributed by atoms with Gasteiger partial charge in [0.15, 0.2) is 6.61 Å². The monoisotopic (exact) mass is 401 g/mol. The van der Waals surface area contributed by atoms with E-state index >= 15 is 0 Å². The zero-order chi connectivity index (χ0) is 21.1. The van der Waals surface area contributed by atoms with Gasteiger partial charge in [0.1, 0.15) is 23.9 Å². The number of hydrogen-bond donors (Lipinski definition) is 1. The van der Waals surface area contributed by atoms with Gasteiger partial charge in [-0.15, -0.1) is 0 Å². The smallest absolute Gasteiger partial charge is 0.338 e. The average Bonchev–Trinajstić information content (AvgIpc) is 2.71. The van der Waals surface area contributed by atoms with Gasteiger partial charge in [0, 0.05) is 0 Å². The maximum atomic E-state index is 11.9. The van der Waals surface area contributed by atoms with Crippen LogP contribution < -0.4 is 19.5 Å². The van der Waals surface area contributed by atoms with Gasteiger partial charge in [-0.1, -0.05) is 0 Å². The van der Waals surface area contributed by atoms with E-state index in [1.165, 1.54) is 0 Å². The minimum Gasteiger partial charge on any atom is -0.494 e. The number of nitrogens with one attached hydrogen (secondary N) is 1. The van der Waals surface area contributed by atoms with Crippen molar-refractivity contribution < 1.29 is 28.5 Å². The Kier molecular flexibility index (Phi) is 8.82. The van der Waals surface area contributed by atoms with Crippen LogP contribution in [0.15, 0.2) is 48.5 Å². The summed E-state index contributed by atoms with van der Waals surface area (Å²) in [6, 6.07) is 13.7. The van der Waals surface area contributed by atoms with Gasteiger partial charge in [0.05, 0.1) is 24.8 Å². The number of carbonyl (C=O) groups excluding carboxylic acids is 2. The molecule has 0 radical (unpaired) electrons. The fourth-order valence-electron chi connectivity index (χ4n) is 2.33. The summed E-state index contributed by atoms with van der Waals surface area (Å²) in [6.07, 6.45) is -0.180. The van der Waals surface area contributed by atoms with Crippen LogP contribution in [-0.2, 0) is 9.53 Å². The molecule has 0 bridgehead atoms. The van der Waals surface area contributed by atoms with Crippen LogP contribution in [0, 0.1) is 0 Å². The normalized spacial score (nSPS) is 10.3. The first kappa shape index (κ1) is 22.1. The van der Waals surface area contributed by atoms with Gasteiger partial charge in [0.2, 0.25) is 0 Å². The molecule has 0 spiro atoms. The van der Waals surface area contributed by atoms with Crippen LogP contribution in [0.5, 0.6) is 17.2 Å². The molecule has 29 heavy (non-hydrogen) atoms. The molecule has 1 amide bonds. The summed E-state index contributed by atoms with van der Waals surface area (Å²) in [4.78, 5) is 23.6. The highest BCUT2D eigenvalue weighted by molar-refractivity contribution is 5.89. The van der Waals surface area contributed by atoms with Crippen molar-refractivity contribution in [1.29, 1.82) is 0 Å². The van der Waals surface area contributed by atoms with Crippen LogP contribution in [-0.4, -0.2) is 44.3 Å². The zero-order valence-corrected chi connectivity index (χ0v) is 17.0. The molecule has 0 heterocycles. The predicted molar refractivity (Wildman–Crippen MR) is 109 cm³/mol. The van der Waals surface area contributed by atoms with Gasteiger partial charge in [0.25, 0.3) is 5.91 Å². The van der Waals surface area contributed by atoms with Crippen LogP contribution in [0.25, 0.3) is 0 Å². The van der Waals surface area contributed by atoms with Gasteiger partial charge in [-0.3, -0.25) is 4.79 Å². The SMILES string of the molecule is CCOc1ccc(OCCNC(=O)COc2ccc(C(=O)OC(C)C)cc2)cc1. The van der Waals surface area contributed by atoms with Crippen molar-refractivity contribution in [3.63, 3.8) is 0 Å². The summed E-state index contributed by atoms with van der Waals surface area (Å²) in [5, 5.41) is 2.72. The second-order valence-corrected chi connectivity index (χ2v) is 6.37. The molecule has 0 aromatic heterocycles. The van der Waals surface area contributed by atoms with Crippen LogP contribution in [0.3, 0.4) is 0 Å². The second-order valence-electron chi connectivity index (χ2n) is 6.37. The highest BCUT2D eigenvalue weighted by Gasteiger charge is 2.09. The maximum absolute atomic E-state index is 11.9. The number of esters is 1. The van der Waals surface area contributed by atoms with Gasteiger partial charge >= 0.3 is 5.97 Å². The lowest BCUT2D eigenvalue weighted by molar-refractivity contribution is -0.123. The zero-order valence-electron chi connectivity index (χ0n) is 17.0. The van der Waals surface area contributed by atoms with Crippen molar-refractivity contribution >= 4 is 11.9 Å². The topological polar surface area (TPSA) is 83.1 Å². The summed E-state index contributed by atoms with van der Waals surface area (Å²) in [6.45, 7) is 6.69. The van der Waals surface area contributed by atoms with E-state index < -0.39 is 5.97 Å². The lowest BCUT2D eigenvalue weighted by Crippen LogP contribution is -2.32. The molecule has 0 fully saturated rings. The Morgan fingerprint density at radius 2 is 1.41 bits per heavy atom. The average molecular weight is 401 g/mol. The number of benzene rings is 2. The van der Waals surface area contributed by atoms with E-state index in [4.69, 9.17) is 18.9 Å². The molecule has 0 atom stereocenters. The number of carbonyl (C=O) groups is 2. The standard InChI is InChI=1S/C22H27NO6/c1-4-26-18-9-11-19(12-10-18)27-14-13-23-21(24)15-28-20-7-5-17(6-8-20)22(25)29-16(2)3/h5-12,16H,4,13-15H2,1-3H3,(H,23,24). The van der Waals surface area contributed by atoms with E-state index in [1.54, 1.807) is 38.1 Å². The van der Waals surface area contributed by atoms with E-state index in [1.807, 2.05) is 31.2 Å². The first-order chi connectivity index (χ1) is 14.0. The third-order valence-electron chi connectivity index (χ3n) is 3.63. The summed E-state index contributed by atoms with van der Waals surface area (Å²) in [5.41, 5.74) is 0.432. The van der Waals surface area contributed by atoms with E-state index in [0.717, 1.165) is 5.75 Å². The maximum Gasteiger partial charge on any atom is 0.338 e. The molecule has 7 heteroatoms. The number of hydrogen-bond acceptors (Lipinski definition) is 6. The quantitative estimate of drug-likeness (QED) is 0.460. The summed E-state index contributed by atoms with van der Waals surface area (Å²) < 4.78 is 21.5. The van der Waals surface area contributed by atoms with Crippen LogP contribution in [0.2, 0.25) is 0 Å². The highest BCUT2D eigenvalue weighted by atomic mass is 16.5. The van der Waals surface area contributed by atoms with E-state index in [9.17, 15) is 9.59 Å². The Morgan fingerprint density at radius 3 is 2.00 bits per heavy atom. The fraction of sp³-hybridized carbons (Fsp3) is 0.364. The van der Waals surface area contributed by atoms with Crippen LogP contribution in [0.4, 0.5) is 0 Å². The van der Waals surface area contributed by atoms with Crippen molar-refractivity contribution in [2.45, 2.75) is 26.9 Å². The minimum atomic E-state index is -0.392. The minimum absolute atomic E-state index is 0.126. The predicted octanol–water partition coefficient (Wildman–Crippen LogP) is 3.22. The molecule has 0 aliphatic heterocycles. The molecular weight excluding hydrogens is 374 g/mol. The molecule has 2 aromatic rings. The molecule has 0 unspecified atom stereocenters. The third kappa shape index (κ3) is 8.13. The lowest BCUT2D eigenvalue weighted by atomic mass is 10.2. The van der Waals surface area contributed by atoms with Crippen molar-refractivity contribution in [1.82, 2.24) is 5.32 Å². The van der Waals surface area contributed by atoms with E-state index in [-0.39, 0.29) is 18.6 Å². The molecule has 156 valence electrons. The van der Waals surface area contributed by atoms with Crippen LogP contribution >= 0.6 is 0 Å². The van der Waals surface area contributed by atoms with E-state index in [2.05, 4.69) is 5.32 Å². The summed E-state index contributed by atoms with van der Waals surface area (Å²) in [7, 11) is 0. The molecule has 1 N–H and O–H groups in total. The Hall–Kier alpha value is -3.22. The molecule has 0 aliphatic rings. The van der Waals surface area contributed by atoms with Gasteiger partial charge in [-0.05, 0) is 69.3 Å². The first-order valence-corrected chi connectivity index (χ1v) is 9.54. The highest BCUT2D eigenvalue weighted by Crippen LogP contribution is 2.17. The Bertz CT molecular complexity index is 771. The van der Waals surface area contributed by atoms with Gasteiger partial charge in [-0.2, -0.15) is 0 Å². The Labute approximate surface area is 170 Å². The first-order valence-electron chi connectivity index (χ1n) is 9.54. The van der Waals surface area contributed by atoms with Gasteiger partial charge in [-0.25, -0.2) is 4.79 Å². The van der Waals surface area contributed by atoms with Crippen molar-refractivity contribution in [2.75, 3.05) is 26.4 Å². The number of ether oxygens (including phenoxy) is 4. The van der Waals surface area contributed by atoms with Crippen molar-refractivity contribution in [3.8, 4) is 17.2 Å². The number of rotatable bonds is 11. The second kappa shape index (κ2) is 11.6. The van der Waals surface area contributed by atoms with Crippen molar-refractivity contribution in [2.24, 2.45) is 0 Å². The van der Waals surface area contributed by atoms with Gasteiger partial charge < -0.3 is 24.3 Å². The van der Waals surface area contributed by atoms with Crippen LogP contribution in [0.1, 0.15) is 31.1 Å². The molecule has 2 aromatic carbocycles. The molecule has 0 saturated heterocycles. The molecule has 7 nitrogen and oxygen atoms in total. The fourth-order valence-corrected chi connectivity index (χ4v) is 2.33. The Balaban J connectivity index is 1.64. The lowest BCUT2D eigenvalue weighted by Gasteiger charge is -2.10. The molecular formula is C22H27NO6. The molecule has 0 saturated carbocycles. The summed E-state index contributed by atoms with van der Waals surface area (Å²) >= 11 is 0. The number of amides is 1.